The van der Waals surface area contributed by atoms with Gasteiger partial charge in [0.15, 0.2) is 0 Å². The summed E-state index contributed by atoms with van der Waals surface area (Å²) in [6.45, 7) is 0. The van der Waals surface area contributed by atoms with Crippen LogP contribution in [0.5, 0.6) is 0 Å². The fourth-order valence-electron chi connectivity index (χ4n) is 3.39. The number of nitrogens with zero attached hydrogens (tertiary/aromatic N) is 3. The number of aromatic nitrogens is 3. The lowest BCUT2D eigenvalue weighted by Gasteiger charge is -2.06. The Hall–Kier alpha value is -2.78. The van der Waals surface area contributed by atoms with Crippen LogP contribution >= 0.6 is 11.3 Å². The van der Waals surface area contributed by atoms with Crippen LogP contribution in [0.1, 0.15) is 17.5 Å². The van der Waals surface area contributed by atoms with Crippen molar-refractivity contribution in [1.82, 2.24) is 14.6 Å². The van der Waals surface area contributed by atoms with Gasteiger partial charge in [-0.25, -0.2) is 13.4 Å². The van der Waals surface area contributed by atoms with Gasteiger partial charge in [-0.05, 0) is 54.7 Å². The monoisotopic (exact) mass is 398 g/mol. The van der Waals surface area contributed by atoms with Crippen LogP contribution in [-0.2, 0) is 22.9 Å². The smallest absolute Gasteiger partial charge is 0.267 e. The molecule has 0 aliphatic heterocycles. The third kappa shape index (κ3) is 2.70. The van der Waals surface area contributed by atoms with Crippen LogP contribution in [0.2, 0.25) is 0 Å². The molecule has 0 saturated carbocycles. The van der Waals surface area contributed by atoms with Crippen LogP contribution < -0.4 is 10.3 Å². The molecule has 136 valence electrons. The third-order valence-electron chi connectivity index (χ3n) is 4.70. The number of rotatable bonds is 3. The SMILES string of the molecule is O=c1c2ccccc2nc2sc(NS(=O)(=O)c3ccc4c(c3)CCC4)nn12. The lowest BCUT2D eigenvalue weighted by Crippen LogP contribution is -2.16. The molecule has 7 nitrogen and oxygen atoms in total. The first-order valence-electron chi connectivity index (χ1n) is 8.44. The first-order valence-corrected chi connectivity index (χ1v) is 10.7. The molecule has 4 aromatic rings. The maximum atomic E-state index is 12.7. The van der Waals surface area contributed by atoms with Gasteiger partial charge in [0, 0.05) is 0 Å². The standard InChI is InChI=1S/C18H14N4O3S2/c23-16-14-6-1-2-7-15(14)19-18-22(16)20-17(26-18)21-27(24,25)13-9-8-11-4-3-5-12(11)10-13/h1-2,6-10H,3-5H2,(H,20,21). The minimum Gasteiger partial charge on any atom is -0.267 e. The van der Waals surface area contributed by atoms with Gasteiger partial charge in [-0.2, -0.15) is 4.52 Å². The lowest BCUT2D eigenvalue weighted by molar-refractivity contribution is 0.601. The van der Waals surface area contributed by atoms with E-state index in [0.717, 1.165) is 40.7 Å². The Morgan fingerprint density at radius 2 is 1.89 bits per heavy atom. The Labute approximate surface area is 158 Å². The largest absolute Gasteiger partial charge is 0.283 e. The maximum absolute atomic E-state index is 12.7. The zero-order chi connectivity index (χ0) is 18.6. The van der Waals surface area contributed by atoms with Crippen LogP contribution in [0.3, 0.4) is 0 Å². The van der Waals surface area contributed by atoms with E-state index in [4.69, 9.17) is 0 Å². The summed E-state index contributed by atoms with van der Waals surface area (Å²) in [4.78, 5) is 17.5. The third-order valence-corrected chi connectivity index (χ3v) is 6.99. The van der Waals surface area contributed by atoms with E-state index in [1.54, 1.807) is 36.4 Å². The zero-order valence-corrected chi connectivity index (χ0v) is 15.7. The molecule has 0 spiro atoms. The van der Waals surface area contributed by atoms with Crippen LogP contribution in [-0.4, -0.2) is 23.0 Å². The first kappa shape index (κ1) is 16.4. The van der Waals surface area contributed by atoms with Crippen molar-refractivity contribution in [2.75, 3.05) is 4.72 Å². The molecule has 2 aromatic carbocycles. The number of hydrogen-bond donors (Lipinski definition) is 1. The summed E-state index contributed by atoms with van der Waals surface area (Å²) in [7, 11) is -3.79. The number of fused-ring (bicyclic) bond motifs is 3. The van der Waals surface area contributed by atoms with Crippen molar-refractivity contribution in [3.63, 3.8) is 0 Å². The van der Waals surface area contributed by atoms with E-state index in [0.29, 0.717) is 15.9 Å². The van der Waals surface area contributed by atoms with Crippen molar-refractivity contribution in [1.29, 1.82) is 0 Å². The van der Waals surface area contributed by atoms with Crippen molar-refractivity contribution < 1.29 is 8.42 Å². The molecule has 2 aromatic heterocycles. The Bertz CT molecular complexity index is 1370. The van der Waals surface area contributed by atoms with E-state index in [-0.39, 0.29) is 15.6 Å². The predicted octanol–water partition coefficient (Wildman–Crippen LogP) is 2.59. The second-order valence-electron chi connectivity index (χ2n) is 6.43. The molecule has 9 heteroatoms. The summed E-state index contributed by atoms with van der Waals surface area (Å²) < 4.78 is 29.1. The molecule has 0 amide bonds. The molecule has 1 aliphatic rings. The molecule has 1 aliphatic carbocycles. The average molecular weight is 398 g/mol. The molecule has 0 unspecified atom stereocenters. The highest BCUT2D eigenvalue weighted by Gasteiger charge is 2.21. The van der Waals surface area contributed by atoms with Crippen molar-refractivity contribution in [2.24, 2.45) is 0 Å². The number of nitrogens with one attached hydrogen (secondary N) is 1. The van der Waals surface area contributed by atoms with Gasteiger partial charge in [0.2, 0.25) is 10.1 Å². The molecule has 0 bridgehead atoms. The second-order valence-corrected chi connectivity index (χ2v) is 9.06. The Morgan fingerprint density at radius 1 is 1.07 bits per heavy atom. The van der Waals surface area contributed by atoms with E-state index in [2.05, 4.69) is 14.8 Å². The van der Waals surface area contributed by atoms with Gasteiger partial charge in [-0.3, -0.25) is 9.52 Å². The summed E-state index contributed by atoms with van der Waals surface area (Å²) in [5.41, 5.74) is 2.51. The fourth-order valence-corrected chi connectivity index (χ4v) is 5.46. The van der Waals surface area contributed by atoms with Crippen LogP contribution in [0.4, 0.5) is 5.13 Å². The molecule has 5 rings (SSSR count). The minimum atomic E-state index is -3.79. The highest BCUT2D eigenvalue weighted by Crippen LogP contribution is 2.27. The minimum absolute atomic E-state index is 0.107. The van der Waals surface area contributed by atoms with Gasteiger partial charge < -0.3 is 0 Å². The number of benzene rings is 2. The van der Waals surface area contributed by atoms with Crippen molar-refractivity contribution >= 4 is 42.4 Å². The molecule has 0 saturated heterocycles. The van der Waals surface area contributed by atoms with Gasteiger partial charge >= 0.3 is 0 Å². The summed E-state index contributed by atoms with van der Waals surface area (Å²) in [6.07, 6.45) is 2.93. The highest BCUT2D eigenvalue weighted by atomic mass is 32.2. The summed E-state index contributed by atoms with van der Waals surface area (Å²) in [5.74, 6) is 0. The summed E-state index contributed by atoms with van der Waals surface area (Å²) in [6, 6.07) is 12.2. The predicted molar refractivity (Wildman–Crippen MR) is 104 cm³/mol. The topological polar surface area (TPSA) is 93.4 Å². The molecule has 0 radical (unpaired) electrons. The number of sulfonamides is 1. The molecule has 2 heterocycles. The fraction of sp³-hybridized carbons (Fsp3) is 0.167. The van der Waals surface area contributed by atoms with Crippen LogP contribution in [0, 0.1) is 0 Å². The van der Waals surface area contributed by atoms with Crippen LogP contribution in [0.15, 0.2) is 52.2 Å². The van der Waals surface area contributed by atoms with E-state index in [1.165, 1.54) is 5.56 Å². The number of hydrogen-bond acceptors (Lipinski definition) is 6. The molecular formula is C18H14N4O3S2. The highest BCUT2D eigenvalue weighted by molar-refractivity contribution is 7.93. The lowest BCUT2D eigenvalue weighted by atomic mass is 10.1. The maximum Gasteiger partial charge on any atom is 0.283 e. The van der Waals surface area contributed by atoms with Crippen molar-refractivity contribution in [3.05, 3.63) is 63.9 Å². The van der Waals surface area contributed by atoms with Crippen LogP contribution in [0.25, 0.3) is 15.9 Å². The number of para-hydroxylation sites is 1. The molecule has 0 atom stereocenters. The summed E-state index contributed by atoms with van der Waals surface area (Å²) in [5, 5.41) is 4.66. The Kier molecular flexibility index (Phi) is 3.56. The number of anilines is 1. The van der Waals surface area contributed by atoms with Gasteiger partial charge in [-0.15, -0.1) is 5.10 Å². The quantitative estimate of drug-likeness (QED) is 0.573. The van der Waals surface area contributed by atoms with Gasteiger partial charge in [-0.1, -0.05) is 29.5 Å². The van der Waals surface area contributed by atoms with E-state index in [9.17, 15) is 13.2 Å². The molecule has 1 N–H and O–H groups in total. The van der Waals surface area contributed by atoms with Crippen molar-refractivity contribution in [2.45, 2.75) is 24.2 Å². The molecule has 27 heavy (non-hydrogen) atoms. The Balaban J connectivity index is 1.57. The average Bonchev–Trinajstić information content (AvgIpc) is 3.27. The first-order chi connectivity index (χ1) is 13.0. The molecule has 0 fully saturated rings. The van der Waals surface area contributed by atoms with E-state index >= 15 is 0 Å². The van der Waals surface area contributed by atoms with Gasteiger partial charge in [0.25, 0.3) is 15.6 Å². The van der Waals surface area contributed by atoms with E-state index in [1.807, 2.05) is 6.07 Å². The summed E-state index contributed by atoms with van der Waals surface area (Å²) >= 11 is 1.02. The van der Waals surface area contributed by atoms with Gasteiger partial charge in [0.1, 0.15) is 0 Å². The Morgan fingerprint density at radius 3 is 2.78 bits per heavy atom. The van der Waals surface area contributed by atoms with E-state index < -0.39 is 10.0 Å². The molecular weight excluding hydrogens is 384 g/mol. The number of aryl methyl sites for hydroxylation is 2. The zero-order valence-electron chi connectivity index (χ0n) is 14.0. The second kappa shape index (κ2) is 5.86. The van der Waals surface area contributed by atoms with Crippen molar-refractivity contribution in [3.8, 4) is 0 Å². The normalized spacial score (nSPS) is 13.9. The van der Waals surface area contributed by atoms with Gasteiger partial charge in [0.05, 0.1) is 15.8 Å².